The number of halogens is 2. The Morgan fingerprint density at radius 2 is 1.85 bits per heavy atom. The van der Waals surface area contributed by atoms with Crippen LogP contribution in [-0.4, -0.2) is 22.0 Å². The summed E-state index contributed by atoms with van der Waals surface area (Å²) in [7, 11) is 0. The number of H-pyrrole nitrogens is 1. The van der Waals surface area contributed by atoms with Crippen molar-refractivity contribution in [3.05, 3.63) is 80.3 Å². The first kappa shape index (κ1) is 18.6. The Hall–Kier alpha value is -3.19. The summed E-state index contributed by atoms with van der Waals surface area (Å²) in [5, 5.41) is 12.6. The molecule has 0 saturated heterocycles. The fourth-order valence-electron chi connectivity index (χ4n) is 2.70. The van der Waals surface area contributed by atoms with Gasteiger partial charge in [-0.15, -0.1) is 0 Å². The molecule has 3 aromatic rings. The van der Waals surface area contributed by atoms with Crippen LogP contribution in [0.3, 0.4) is 0 Å². The van der Waals surface area contributed by atoms with Crippen LogP contribution in [0.25, 0.3) is 10.9 Å². The molecule has 0 fully saturated rings. The van der Waals surface area contributed by atoms with Crippen LogP contribution in [0.15, 0.2) is 47.3 Å². The number of aromatic carboxylic acids is 1. The van der Waals surface area contributed by atoms with Gasteiger partial charge < -0.3 is 15.4 Å². The van der Waals surface area contributed by atoms with Gasteiger partial charge in [-0.2, -0.15) is 0 Å². The summed E-state index contributed by atoms with van der Waals surface area (Å²) in [6, 6.07) is 9.95. The molecule has 0 aliphatic heterocycles. The molecule has 27 heavy (non-hydrogen) atoms. The fourth-order valence-corrected chi connectivity index (χ4v) is 2.95. The predicted octanol–water partition coefficient (Wildman–Crippen LogP) is 2.88. The number of rotatable bonds is 5. The van der Waals surface area contributed by atoms with Crippen LogP contribution in [0.2, 0.25) is 5.02 Å². The second kappa shape index (κ2) is 7.59. The Labute approximate surface area is 157 Å². The zero-order chi connectivity index (χ0) is 19.6. The molecule has 1 amide bonds. The average molecular weight is 389 g/mol. The highest BCUT2D eigenvalue weighted by Gasteiger charge is 2.13. The molecule has 6 nitrogen and oxygen atoms in total. The van der Waals surface area contributed by atoms with Gasteiger partial charge in [-0.1, -0.05) is 23.7 Å². The van der Waals surface area contributed by atoms with Gasteiger partial charge in [-0.05, 0) is 41.5 Å². The average Bonchev–Trinajstić information content (AvgIpc) is 2.61. The van der Waals surface area contributed by atoms with Gasteiger partial charge in [0.25, 0.3) is 5.56 Å². The lowest BCUT2D eigenvalue weighted by molar-refractivity contribution is -0.120. The Kier molecular flexibility index (Phi) is 5.23. The van der Waals surface area contributed by atoms with Crippen molar-refractivity contribution in [2.45, 2.75) is 13.0 Å². The summed E-state index contributed by atoms with van der Waals surface area (Å²) in [4.78, 5) is 37.7. The van der Waals surface area contributed by atoms with Crippen LogP contribution in [-0.2, 0) is 17.8 Å². The van der Waals surface area contributed by atoms with E-state index < -0.39 is 17.1 Å². The molecule has 0 aliphatic carbocycles. The van der Waals surface area contributed by atoms with Gasteiger partial charge in [0, 0.05) is 17.0 Å². The molecule has 1 heterocycles. The molecule has 0 unspecified atom stereocenters. The molecule has 0 saturated carbocycles. The molecule has 1 aromatic heterocycles. The number of pyridine rings is 1. The van der Waals surface area contributed by atoms with E-state index in [0.717, 1.165) is 0 Å². The molecule has 138 valence electrons. The molecule has 0 atom stereocenters. The van der Waals surface area contributed by atoms with Gasteiger partial charge in [0.2, 0.25) is 5.91 Å². The van der Waals surface area contributed by atoms with Crippen LogP contribution in [0, 0.1) is 5.82 Å². The van der Waals surface area contributed by atoms with Crippen molar-refractivity contribution >= 4 is 34.4 Å². The molecule has 0 bridgehead atoms. The summed E-state index contributed by atoms with van der Waals surface area (Å²) >= 11 is 6.07. The van der Waals surface area contributed by atoms with Gasteiger partial charge >= 0.3 is 5.97 Å². The van der Waals surface area contributed by atoms with Gasteiger partial charge in [0.1, 0.15) is 11.4 Å². The third kappa shape index (κ3) is 4.32. The lowest BCUT2D eigenvalue weighted by Crippen LogP contribution is -2.25. The standard InChI is InChI=1S/C19H14ClFN2O4/c20-13-6-11-8-15(19(26)27)18(25)23-17(11)12(7-13)9-22-16(24)5-10-1-3-14(21)4-2-10/h1-4,6-8H,5,9H2,(H,22,24)(H,23,25)(H,26,27). The van der Waals surface area contributed by atoms with Crippen molar-refractivity contribution in [2.75, 3.05) is 0 Å². The van der Waals surface area contributed by atoms with E-state index in [4.69, 9.17) is 16.7 Å². The number of aromatic amines is 1. The largest absolute Gasteiger partial charge is 0.477 e. The summed E-state index contributed by atoms with van der Waals surface area (Å²) in [6.07, 6.45) is 0.0679. The zero-order valence-electron chi connectivity index (χ0n) is 13.9. The monoisotopic (exact) mass is 388 g/mol. The van der Waals surface area contributed by atoms with Crippen molar-refractivity contribution in [1.82, 2.24) is 10.3 Å². The first-order valence-electron chi connectivity index (χ1n) is 7.93. The number of amides is 1. The quantitative estimate of drug-likeness (QED) is 0.625. The number of carboxylic acids is 1. The molecule has 8 heteroatoms. The highest BCUT2D eigenvalue weighted by Crippen LogP contribution is 2.22. The Morgan fingerprint density at radius 3 is 2.52 bits per heavy atom. The van der Waals surface area contributed by atoms with Gasteiger partial charge in [0.05, 0.1) is 11.9 Å². The van der Waals surface area contributed by atoms with Crippen molar-refractivity contribution < 1.29 is 19.1 Å². The summed E-state index contributed by atoms with van der Waals surface area (Å²) < 4.78 is 12.9. The van der Waals surface area contributed by atoms with E-state index in [1.807, 2.05) is 0 Å². The minimum Gasteiger partial charge on any atom is -0.477 e. The molecule has 0 radical (unpaired) electrons. The fraction of sp³-hybridized carbons (Fsp3) is 0.105. The molecule has 0 spiro atoms. The lowest BCUT2D eigenvalue weighted by atomic mass is 10.1. The molecule has 2 aromatic carbocycles. The lowest BCUT2D eigenvalue weighted by Gasteiger charge is -2.10. The van der Waals surface area contributed by atoms with Crippen molar-refractivity contribution in [1.29, 1.82) is 0 Å². The Balaban J connectivity index is 1.82. The summed E-state index contributed by atoms with van der Waals surface area (Å²) in [6.45, 7) is 0.0828. The number of fused-ring (bicyclic) bond motifs is 1. The molecule has 0 aliphatic rings. The van der Waals surface area contributed by atoms with Crippen LogP contribution in [0.1, 0.15) is 21.5 Å². The normalized spacial score (nSPS) is 10.7. The van der Waals surface area contributed by atoms with Crippen molar-refractivity contribution in [2.24, 2.45) is 0 Å². The number of carboxylic acid groups (broad SMARTS) is 1. The molecular weight excluding hydrogens is 375 g/mol. The van der Waals surface area contributed by atoms with E-state index in [1.165, 1.54) is 36.4 Å². The first-order chi connectivity index (χ1) is 12.8. The smallest absolute Gasteiger partial charge is 0.341 e. The zero-order valence-corrected chi connectivity index (χ0v) is 14.6. The third-order valence-electron chi connectivity index (χ3n) is 3.98. The number of carbonyl (C=O) groups excluding carboxylic acids is 1. The number of benzene rings is 2. The maximum Gasteiger partial charge on any atom is 0.341 e. The maximum absolute atomic E-state index is 12.9. The van der Waals surface area contributed by atoms with E-state index in [1.54, 1.807) is 6.07 Å². The number of hydrogen-bond donors (Lipinski definition) is 3. The summed E-state index contributed by atoms with van der Waals surface area (Å²) in [5.74, 6) is -2.01. The van der Waals surface area contributed by atoms with E-state index in [2.05, 4.69) is 10.3 Å². The second-order valence-corrected chi connectivity index (χ2v) is 6.36. The van der Waals surface area contributed by atoms with Crippen LogP contribution < -0.4 is 10.9 Å². The molecular formula is C19H14ClFN2O4. The molecule has 3 N–H and O–H groups in total. The number of carbonyl (C=O) groups is 2. The second-order valence-electron chi connectivity index (χ2n) is 5.93. The van der Waals surface area contributed by atoms with Crippen molar-refractivity contribution in [3.8, 4) is 0 Å². The number of aromatic nitrogens is 1. The van der Waals surface area contributed by atoms with Crippen molar-refractivity contribution in [3.63, 3.8) is 0 Å². The number of nitrogens with one attached hydrogen (secondary N) is 2. The van der Waals surface area contributed by atoms with Gasteiger partial charge in [-0.3, -0.25) is 9.59 Å². The third-order valence-corrected chi connectivity index (χ3v) is 4.20. The molecule has 3 rings (SSSR count). The maximum atomic E-state index is 12.9. The SMILES string of the molecule is O=C(Cc1ccc(F)cc1)NCc1cc(Cl)cc2cc(C(=O)O)c(=O)[nH]c12. The van der Waals surface area contributed by atoms with Crippen LogP contribution in [0.5, 0.6) is 0 Å². The number of hydrogen-bond acceptors (Lipinski definition) is 3. The topological polar surface area (TPSA) is 99.3 Å². The predicted molar refractivity (Wildman–Crippen MR) is 98.5 cm³/mol. The Bertz CT molecular complexity index is 1090. The summed E-state index contributed by atoms with van der Waals surface area (Å²) in [5.41, 5.74) is 0.465. The highest BCUT2D eigenvalue weighted by atomic mass is 35.5. The van der Waals surface area contributed by atoms with E-state index in [-0.39, 0.29) is 24.7 Å². The van der Waals surface area contributed by atoms with E-state index in [0.29, 0.717) is 27.1 Å². The minimum atomic E-state index is -1.34. The van der Waals surface area contributed by atoms with Crippen LogP contribution in [0.4, 0.5) is 4.39 Å². The van der Waals surface area contributed by atoms with E-state index >= 15 is 0 Å². The van der Waals surface area contributed by atoms with Gasteiger partial charge in [0.15, 0.2) is 0 Å². The van der Waals surface area contributed by atoms with Gasteiger partial charge in [-0.25, -0.2) is 9.18 Å². The Morgan fingerprint density at radius 1 is 1.15 bits per heavy atom. The highest BCUT2D eigenvalue weighted by molar-refractivity contribution is 6.31. The minimum absolute atomic E-state index is 0.0679. The van der Waals surface area contributed by atoms with E-state index in [9.17, 15) is 18.8 Å². The first-order valence-corrected chi connectivity index (χ1v) is 8.31. The van der Waals surface area contributed by atoms with Crippen LogP contribution >= 0.6 is 11.6 Å².